The van der Waals surface area contributed by atoms with Gasteiger partial charge in [-0.05, 0) is 35.9 Å². The zero-order valence-electron chi connectivity index (χ0n) is 15.8. The van der Waals surface area contributed by atoms with Crippen molar-refractivity contribution in [3.63, 3.8) is 0 Å². The monoisotopic (exact) mass is 442 g/mol. The molecule has 0 atom stereocenters. The Hall–Kier alpha value is -3.03. The summed E-state index contributed by atoms with van der Waals surface area (Å²) in [6, 6.07) is 16.4. The maximum atomic E-state index is 15.2. The Labute approximate surface area is 178 Å². The van der Waals surface area contributed by atoms with Gasteiger partial charge in [0.05, 0.1) is 21.1 Å². The molecule has 4 aromatic rings. The van der Waals surface area contributed by atoms with Gasteiger partial charge in [0.25, 0.3) is 0 Å². The van der Waals surface area contributed by atoms with Crippen LogP contribution in [0.25, 0.3) is 22.2 Å². The van der Waals surface area contributed by atoms with E-state index in [1.54, 1.807) is 42.5 Å². The average Bonchev–Trinajstić information content (AvgIpc) is 2.73. The summed E-state index contributed by atoms with van der Waals surface area (Å²) in [5, 5.41) is 1.08. The van der Waals surface area contributed by atoms with Gasteiger partial charge < -0.3 is 4.74 Å². The number of halogens is 2. The van der Waals surface area contributed by atoms with Crippen LogP contribution in [0.5, 0.6) is 5.75 Å². The topological polar surface area (TPSA) is 69.2 Å². The molecule has 152 valence electrons. The molecule has 3 aromatic carbocycles. The highest BCUT2D eigenvalue weighted by molar-refractivity contribution is 7.90. The Morgan fingerprint density at radius 3 is 2.60 bits per heavy atom. The number of benzene rings is 3. The van der Waals surface area contributed by atoms with Crippen LogP contribution in [0.15, 0.2) is 71.9 Å². The first-order chi connectivity index (χ1) is 14.3. The maximum absolute atomic E-state index is 15.2. The van der Waals surface area contributed by atoms with Crippen LogP contribution in [0.1, 0.15) is 5.56 Å². The lowest BCUT2D eigenvalue weighted by Crippen LogP contribution is -2.02. The molecule has 0 fully saturated rings. The zero-order valence-corrected chi connectivity index (χ0v) is 17.4. The van der Waals surface area contributed by atoms with Crippen LogP contribution in [0, 0.1) is 5.82 Å². The predicted molar refractivity (Wildman–Crippen MR) is 114 cm³/mol. The van der Waals surface area contributed by atoms with E-state index in [1.807, 2.05) is 0 Å². The molecule has 30 heavy (non-hydrogen) atoms. The normalized spacial score (nSPS) is 11.6. The molecule has 0 saturated heterocycles. The van der Waals surface area contributed by atoms with Crippen molar-refractivity contribution in [2.75, 3.05) is 6.26 Å². The third kappa shape index (κ3) is 3.99. The van der Waals surface area contributed by atoms with Crippen LogP contribution in [0.2, 0.25) is 5.02 Å². The molecular formula is C22H16ClFN2O3S. The molecule has 0 aliphatic rings. The molecule has 0 amide bonds. The summed E-state index contributed by atoms with van der Waals surface area (Å²) in [4.78, 5) is 8.60. The number of ether oxygens (including phenoxy) is 1. The molecule has 0 aliphatic carbocycles. The molecule has 0 spiro atoms. The Balaban J connectivity index is 1.68. The highest BCUT2D eigenvalue weighted by Crippen LogP contribution is 2.33. The van der Waals surface area contributed by atoms with E-state index in [0.29, 0.717) is 27.2 Å². The molecule has 5 nitrogen and oxygen atoms in total. The van der Waals surface area contributed by atoms with Gasteiger partial charge in [0.1, 0.15) is 12.9 Å². The summed E-state index contributed by atoms with van der Waals surface area (Å²) in [6.45, 7) is 0.0140. The van der Waals surface area contributed by atoms with Gasteiger partial charge in [0, 0.05) is 17.2 Å². The van der Waals surface area contributed by atoms with Crippen LogP contribution >= 0.6 is 11.6 Å². The van der Waals surface area contributed by atoms with Gasteiger partial charge in [-0.3, -0.25) is 0 Å². The van der Waals surface area contributed by atoms with Crippen molar-refractivity contribution >= 4 is 32.3 Å². The van der Waals surface area contributed by atoms with Crippen LogP contribution in [-0.2, 0) is 16.4 Å². The van der Waals surface area contributed by atoms with Gasteiger partial charge in [0.2, 0.25) is 0 Å². The number of rotatable bonds is 5. The Bertz CT molecular complexity index is 1360. The fourth-order valence-electron chi connectivity index (χ4n) is 3.10. The summed E-state index contributed by atoms with van der Waals surface area (Å²) in [7, 11) is -3.34. The first-order valence-electron chi connectivity index (χ1n) is 8.94. The number of fused-ring (bicyclic) bond motifs is 1. The lowest BCUT2D eigenvalue weighted by molar-refractivity contribution is 0.290. The third-order valence-corrected chi connectivity index (χ3v) is 5.97. The lowest BCUT2D eigenvalue weighted by atomic mass is 10.1. The van der Waals surface area contributed by atoms with E-state index >= 15 is 4.39 Å². The van der Waals surface area contributed by atoms with Gasteiger partial charge in [-0.1, -0.05) is 41.9 Å². The van der Waals surface area contributed by atoms with E-state index in [1.165, 1.54) is 24.5 Å². The summed E-state index contributed by atoms with van der Waals surface area (Å²) in [6.07, 6.45) is 2.47. The van der Waals surface area contributed by atoms with Gasteiger partial charge in [-0.15, -0.1) is 0 Å². The van der Waals surface area contributed by atoms with Crippen molar-refractivity contribution in [3.8, 4) is 17.0 Å². The first kappa shape index (κ1) is 20.3. The van der Waals surface area contributed by atoms with Crippen molar-refractivity contribution in [2.24, 2.45) is 0 Å². The number of nitrogens with zero attached hydrogens (tertiary/aromatic N) is 2. The minimum absolute atomic E-state index is 0.0140. The highest BCUT2D eigenvalue weighted by Gasteiger charge is 2.16. The van der Waals surface area contributed by atoms with Crippen molar-refractivity contribution in [1.29, 1.82) is 0 Å². The first-order valence-corrected chi connectivity index (χ1v) is 11.2. The number of hydrogen-bond donors (Lipinski definition) is 0. The van der Waals surface area contributed by atoms with E-state index in [2.05, 4.69) is 9.97 Å². The van der Waals surface area contributed by atoms with E-state index in [0.717, 1.165) is 6.26 Å². The molecule has 1 aromatic heterocycles. The predicted octanol–water partition coefficient (Wildman–Crippen LogP) is 5.07. The minimum atomic E-state index is -3.34. The molecule has 8 heteroatoms. The van der Waals surface area contributed by atoms with Crippen LogP contribution < -0.4 is 4.74 Å². The fraction of sp³-hybridized carbons (Fsp3) is 0.0909. The Kier molecular flexibility index (Phi) is 5.40. The molecule has 0 N–H and O–H groups in total. The van der Waals surface area contributed by atoms with Crippen LogP contribution in [-0.4, -0.2) is 24.6 Å². The van der Waals surface area contributed by atoms with Gasteiger partial charge in [-0.25, -0.2) is 22.8 Å². The standard InChI is InChI=1S/C22H16ClFN2O3S/c1-30(27,28)15-6-2-5-14(11-15)12-29-19-10-4-7-16(20(19)24)21-17-8-3-9-18(23)22(17)26-13-25-21/h2-11,13H,12H2,1H3. The number of para-hydroxylation sites is 1. The second-order valence-electron chi connectivity index (χ2n) is 6.68. The Morgan fingerprint density at radius 1 is 1.03 bits per heavy atom. The smallest absolute Gasteiger partial charge is 0.175 e. The molecule has 4 rings (SSSR count). The van der Waals surface area contributed by atoms with E-state index in [4.69, 9.17) is 16.3 Å². The quantitative estimate of drug-likeness (QED) is 0.431. The minimum Gasteiger partial charge on any atom is -0.486 e. The number of hydrogen-bond acceptors (Lipinski definition) is 5. The van der Waals surface area contributed by atoms with Crippen molar-refractivity contribution < 1.29 is 17.5 Å². The summed E-state index contributed by atoms with van der Waals surface area (Å²) in [5.74, 6) is -0.539. The fourth-order valence-corrected chi connectivity index (χ4v) is 4.01. The lowest BCUT2D eigenvalue weighted by Gasteiger charge is -2.12. The van der Waals surface area contributed by atoms with Crippen molar-refractivity contribution in [2.45, 2.75) is 11.5 Å². The van der Waals surface area contributed by atoms with Gasteiger partial charge >= 0.3 is 0 Å². The number of aromatic nitrogens is 2. The van der Waals surface area contributed by atoms with E-state index < -0.39 is 15.7 Å². The molecule has 0 unspecified atom stereocenters. The zero-order chi connectivity index (χ0) is 21.3. The SMILES string of the molecule is CS(=O)(=O)c1cccc(COc2cccc(-c3ncnc4c(Cl)cccc34)c2F)c1. The Morgan fingerprint density at radius 2 is 1.80 bits per heavy atom. The van der Waals surface area contributed by atoms with E-state index in [-0.39, 0.29) is 22.8 Å². The average molecular weight is 443 g/mol. The summed E-state index contributed by atoms with van der Waals surface area (Å²) >= 11 is 6.20. The summed E-state index contributed by atoms with van der Waals surface area (Å²) < 4.78 is 44.3. The van der Waals surface area contributed by atoms with Gasteiger partial charge in [0.15, 0.2) is 21.4 Å². The van der Waals surface area contributed by atoms with Crippen molar-refractivity contribution in [1.82, 2.24) is 9.97 Å². The third-order valence-electron chi connectivity index (χ3n) is 4.55. The maximum Gasteiger partial charge on any atom is 0.175 e. The van der Waals surface area contributed by atoms with Crippen LogP contribution in [0.3, 0.4) is 0 Å². The number of sulfone groups is 1. The highest BCUT2D eigenvalue weighted by atomic mass is 35.5. The summed E-state index contributed by atoms with van der Waals surface area (Å²) in [5.41, 5.74) is 1.81. The molecule has 1 heterocycles. The second-order valence-corrected chi connectivity index (χ2v) is 9.11. The second kappa shape index (κ2) is 8.01. The van der Waals surface area contributed by atoms with Crippen molar-refractivity contribution in [3.05, 3.63) is 83.4 Å². The molecule has 0 bridgehead atoms. The largest absolute Gasteiger partial charge is 0.486 e. The molecule has 0 saturated carbocycles. The molecule has 0 aliphatic heterocycles. The molecular weight excluding hydrogens is 427 g/mol. The van der Waals surface area contributed by atoms with Gasteiger partial charge in [-0.2, -0.15) is 0 Å². The van der Waals surface area contributed by atoms with E-state index in [9.17, 15) is 8.42 Å². The van der Waals surface area contributed by atoms with Crippen LogP contribution in [0.4, 0.5) is 4.39 Å². The molecule has 0 radical (unpaired) electrons.